The Morgan fingerprint density at radius 1 is 0.544 bits per heavy atom. The summed E-state index contributed by atoms with van der Waals surface area (Å²) in [5.74, 6) is -1.82. The van der Waals surface area contributed by atoms with Gasteiger partial charge in [-0.25, -0.2) is 0 Å². The first kappa shape index (κ1) is 89.8. The van der Waals surface area contributed by atoms with Crippen molar-refractivity contribution in [1.82, 2.24) is 4.90 Å². The second kappa shape index (κ2) is 62.1. The number of likely N-dealkylation sites (N-methyl/N-ethyl adjacent to an activating group) is 1. The lowest BCUT2D eigenvalue weighted by molar-refractivity contribution is -0.900. The third-order valence-corrected chi connectivity index (χ3v) is 21.6. The molecule has 0 aromatic carbocycles. The lowest BCUT2D eigenvalue weighted by atomic mass is 10.1. The van der Waals surface area contributed by atoms with E-state index in [9.17, 15) is 30.0 Å². The quantitative estimate of drug-likeness (QED) is 0.0324. The minimum Gasteiger partial charge on any atom is -1.00 e. The predicted octanol–water partition coefficient (Wildman–Crippen LogP) is 5.06. The first-order chi connectivity index (χ1) is 36.5. The number of hydrogen-bond acceptors (Lipinski definition) is 10. The van der Waals surface area contributed by atoms with Gasteiger partial charge in [-0.1, -0.05) is 144 Å². The summed E-state index contributed by atoms with van der Waals surface area (Å²) in [7, 11) is 7.92. The number of carboxylic acids is 2. The van der Waals surface area contributed by atoms with E-state index in [4.69, 9.17) is 13.6 Å². The molecule has 0 bridgehead atoms. The van der Waals surface area contributed by atoms with Gasteiger partial charge < -0.3 is 82.7 Å². The highest BCUT2D eigenvalue weighted by atomic mass is 35.5. The predicted molar refractivity (Wildman–Crippen MR) is 330 cm³/mol. The fourth-order valence-electron chi connectivity index (χ4n) is 9.81. The first-order valence-corrected chi connectivity index (χ1v) is 38.5. The number of carbonyl (C=O) groups is 2. The van der Waals surface area contributed by atoms with E-state index >= 15 is 0 Å². The summed E-state index contributed by atoms with van der Waals surface area (Å²) >= 11 is 0. The Labute approximate surface area is 505 Å². The molecule has 2 unspecified atom stereocenters. The summed E-state index contributed by atoms with van der Waals surface area (Å²) in [6.45, 7) is 31.8. The second-order valence-corrected chi connectivity index (χ2v) is 33.6. The third kappa shape index (κ3) is 75.6. The maximum absolute atomic E-state index is 10.7. The molecule has 2 atom stereocenters. The van der Waals surface area contributed by atoms with Crippen molar-refractivity contribution in [2.75, 3.05) is 108 Å². The van der Waals surface area contributed by atoms with Gasteiger partial charge in [-0.05, 0) is 129 Å². The molecule has 0 amide bonds. The van der Waals surface area contributed by atoms with Gasteiger partial charge in [-0.2, -0.15) is 0 Å². The van der Waals surface area contributed by atoms with Crippen molar-refractivity contribution in [3.63, 3.8) is 0 Å². The van der Waals surface area contributed by atoms with Gasteiger partial charge >= 0.3 is 0 Å². The molecule has 13 nitrogen and oxygen atoms in total. The summed E-state index contributed by atoms with van der Waals surface area (Å²) in [4.78, 5) is 22.8. The molecule has 17 heteroatoms. The van der Waals surface area contributed by atoms with E-state index in [2.05, 4.69) is 92.4 Å². The van der Waals surface area contributed by atoms with Crippen LogP contribution in [0.3, 0.4) is 0 Å². The third-order valence-electron chi connectivity index (χ3n) is 14.1. The van der Waals surface area contributed by atoms with Crippen molar-refractivity contribution >= 4 is 28.6 Å². The highest BCUT2D eigenvalue weighted by Gasteiger charge is 2.32. The highest BCUT2D eigenvalue weighted by molar-refractivity contribution is 6.84. The number of carbonyl (C=O) groups excluding carboxylic acids is 2. The molecular weight excluding hydrogens is 1070 g/mol. The Balaban J connectivity index is -0.000000338. The van der Waals surface area contributed by atoms with Gasteiger partial charge in [0.2, 0.25) is 0 Å². The van der Waals surface area contributed by atoms with Crippen LogP contribution in [0.1, 0.15) is 234 Å². The zero-order valence-corrected chi connectivity index (χ0v) is 58.5. The molecule has 0 saturated carbocycles. The Kier molecular flexibility index (Phi) is 70.6. The molecule has 79 heavy (non-hydrogen) atoms. The Morgan fingerprint density at radius 3 is 1.30 bits per heavy atom. The van der Waals surface area contributed by atoms with Crippen molar-refractivity contribution in [3.8, 4) is 0 Å². The molecule has 0 aliphatic rings. The number of quaternary nitrogens is 3. The number of hydrogen-bond donors (Lipinski definition) is 3. The number of aliphatic hydroxyl groups is 2. The van der Waals surface area contributed by atoms with Crippen LogP contribution >= 0.6 is 0 Å². The molecule has 0 aromatic heterocycles. The van der Waals surface area contributed by atoms with Crippen LogP contribution < -0.4 is 40.3 Å². The summed E-state index contributed by atoms with van der Waals surface area (Å²) in [5, 5.41) is 42.5. The standard InChI is InChI=1S/C36H84N4O5Si2.2C12H24O2.C2H6.2ClH/c1-12-38(24-18-14-13-17-23-37-3)34-40(6,7)26-20-16-15-19-25-39(4,5)31-36(42)33-44-28-22-30-47(10,11)45-46(8,9)29-21-27-43-32-35(2)41;2*1-2-3-4-5-6-7-8-9-10-11-12(13)14;1-2;;/h35-37,41-42H,12-34H2,1-11H3;2*2-11H2,1H3,(H,13,14);1-2H3;2*1H/q+2;;;;;/p-3. The van der Waals surface area contributed by atoms with E-state index in [1.54, 1.807) is 6.92 Å². The van der Waals surface area contributed by atoms with E-state index in [1.807, 2.05) is 13.8 Å². The number of aliphatic hydroxyl groups excluding tert-OH is 2. The van der Waals surface area contributed by atoms with Crippen LogP contribution in [-0.2, 0) is 23.2 Å². The minimum atomic E-state index is -1.76. The number of nitrogens with zero attached hydrogens (tertiary/aromatic N) is 3. The average Bonchev–Trinajstić information content (AvgIpc) is 3.34. The van der Waals surface area contributed by atoms with Gasteiger partial charge in [-0.15, -0.1) is 0 Å². The zero-order chi connectivity index (χ0) is 59.1. The van der Waals surface area contributed by atoms with Gasteiger partial charge in [0.05, 0.1) is 74.2 Å². The van der Waals surface area contributed by atoms with Crippen LogP contribution in [0.4, 0.5) is 0 Å². The molecule has 0 spiro atoms. The highest BCUT2D eigenvalue weighted by Crippen LogP contribution is 2.24. The molecule has 0 aromatic rings. The van der Waals surface area contributed by atoms with Gasteiger partial charge in [0.1, 0.15) is 19.3 Å². The number of carboxylic acid groups (broad SMARTS) is 2. The lowest BCUT2D eigenvalue weighted by Crippen LogP contribution is -3.00. The van der Waals surface area contributed by atoms with Crippen LogP contribution in [0.5, 0.6) is 0 Å². The van der Waals surface area contributed by atoms with Crippen LogP contribution in [0.25, 0.3) is 0 Å². The molecule has 0 aliphatic carbocycles. The molecular formula is C62H137Cl2N4O9Si2-. The Morgan fingerprint density at radius 2 is 0.911 bits per heavy atom. The number of rotatable bonds is 53. The van der Waals surface area contributed by atoms with Crippen LogP contribution in [0, 0.1) is 0 Å². The van der Waals surface area contributed by atoms with Gasteiger partial charge in [0, 0.05) is 38.2 Å². The van der Waals surface area contributed by atoms with Crippen molar-refractivity contribution in [3.05, 3.63) is 0 Å². The molecule has 4 N–H and O–H groups in total. The largest absolute Gasteiger partial charge is 1.00 e. The SMILES string of the molecule is CC.CCCCCCCCCCCC(=O)[O-].CCCCCCCCCCCC(=O)[O-].CCN(CCCCCC[NH2+]C)C[N+](C)(C)CCCCCC[N+](C)(C)CC(O)COCCC[Si](C)(C)O[Si](C)(C)CCCOCC(C)O.[Cl-].[Cl-]. The molecule has 482 valence electrons. The lowest BCUT2D eigenvalue weighted by Gasteiger charge is -2.35. The monoisotopic (exact) mass is 1210 g/mol. The molecule has 0 fully saturated rings. The van der Waals surface area contributed by atoms with E-state index in [0.717, 1.165) is 85.9 Å². The molecule has 0 heterocycles. The van der Waals surface area contributed by atoms with Crippen molar-refractivity contribution in [2.45, 2.75) is 285 Å². The number of halogens is 2. The summed E-state index contributed by atoms with van der Waals surface area (Å²) in [5.41, 5.74) is 0. The normalized spacial score (nSPS) is 12.5. The van der Waals surface area contributed by atoms with Gasteiger partial charge in [-0.3, -0.25) is 4.90 Å². The van der Waals surface area contributed by atoms with Crippen LogP contribution in [-0.4, -0.2) is 172 Å². The minimum absolute atomic E-state index is 0. The van der Waals surface area contributed by atoms with Crippen LogP contribution in [0.15, 0.2) is 0 Å². The molecule has 0 rings (SSSR count). The number of nitrogens with two attached hydrogens (primary N) is 1. The molecule has 0 aliphatic heterocycles. The van der Waals surface area contributed by atoms with Crippen molar-refractivity contribution < 1.29 is 82.7 Å². The van der Waals surface area contributed by atoms with E-state index in [-0.39, 0.29) is 37.7 Å². The van der Waals surface area contributed by atoms with Crippen molar-refractivity contribution in [2.24, 2.45) is 0 Å². The fourth-order valence-corrected chi connectivity index (χ4v) is 18.6. The molecule has 0 saturated heterocycles. The summed E-state index contributed by atoms with van der Waals surface area (Å²) < 4.78 is 20.1. The number of ether oxygens (including phenoxy) is 2. The van der Waals surface area contributed by atoms with Crippen LogP contribution in [0.2, 0.25) is 38.3 Å². The van der Waals surface area contributed by atoms with E-state index in [1.165, 1.54) is 161 Å². The van der Waals surface area contributed by atoms with E-state index in [0.29, 0.717) is 26.4 Å². The van der Waals surface area contributed by atoms with E-state index < -0.39 is 40.8 Å². The zero-order valence-electron chi connectivity index (χ0n) is 55.0. The van der Waals surface area contributed by atoms with Gasteiger partial charge in [0.25, 0.3) is 0 Å². The fraction of sp³-hybridized carbons (Fsp3) is 0.968. The first-order valence-electron chi connectivity index (χ1n) is 32.2. The average molecular weight is 1210 g/mol. The summed E-state index contributed by atoms with van der Waals surface area (Å²) in [6, 6.07) is 2.15. The Hall–Kier alpha value is -0.406. The molecule has 0 radical (unpaired) electrons. The summed E-state index contributed by atoms with van der Waals surface area (Å²) in [6.07, 6.45) is 33.9. The van der Waals surface area contributed by atoms with Gasteiger partial charge in [0.15, 0.2) is 16.6 Å². The maximum atomic E-state index is 10.7. The Bertz CT molecular complexity index is 1230. The maximum Gasteiger partial charge on any atom is 0.173 e. The smallest absolute Gasteiger partial charge is 0.173 e. The number of unbranched alkanes of at least 4 members (excludes halogenated alkanes) is 22. The topological polar surface area (TPSA) is 168 Å². The van der Waals surface area contributed by atoms with Crippen molar-refractivity contribution in [1.29, 1.82) is 0 Å². The number of aliphatic carboxylic acids is 2. The second-order valence-electron chi connectivity index (χ2n) is 24.8.